The molecule has 0 aliphatic rings. The van der Waals surface area contributed by atoms with Crippen molar-refractivity contribution in [1.29, 1.82) is 0 Å². The van der Waals surface area contributed by atoms with Gasteiger partial charge in [0, 0.05) is 26.4 Å². The number of hydrogen-bond donors (Lipinski definition) is 3. The Morgan fingerprint density at radius 1 is 0.289 bits per heavy atom. The van der Waals surface area contributed by atoms with Crippen LogP contribution in [0, 0.1) is 0 Å². The highest BCUT2D eigenvalue weighted by Crippen LogP contribution is 2.51. The zero-order valence-electron chi connectivity index (χ0n) is 51.2. The van der Waals surface area contributed by atoms with Crippen LogP contribution in [0.15, 0.2) is 0 Å². The maximum atomic E-state index is 13.5. The molecule has 10 nitrogen and oxygen atoms in total. The monoisotopic (exact) mass is 1100 g/mol. The van der Waals surface area contributed by atoms with Gasteiger partial charge in [0.05, 0.1) is 26.4 Å². The molecule has 3 atom stereocenters. The Morgan fingerprint density at radius 3 is 0.776 bits per heavy atom. The van der Waals surface area contributed by atoms with Gasteiger partial charge in [-0.2, -0.15) is 14.7 Å². The van der Waals surface area contributed by atoms with Gasteiger partial charge in [-0.15, -0.1) is 0 Å². The molecule has 0 saturated carbocycles. The maximum Gasteiger partial charge on any atom is 0.443 e. The molecule has 1 unspecified atom stereocenters. The molecule has 0 spiro atoms. The van der Waals surface area contributed by atoms with Crippen molar-refractivity contribution in [1.82, 2.24) is 0 Å². The lowest BCUT2D eigenvalue weighted by molar-refractivity contribution is -0.137. The zero-order chi connectivity index (χ0) is 55.4. The fourth-order valence-electron chi connectivity index (χ4n) is 10.1. The Hall–Kier alpha value is -0.260. The molecule has 0 bridgehead atoms. The molecule has 0 aliphatic carbocycles. The summed E-state index contributed by atoms with van der Waals surface area (Å²) >= 11 is 0. The fraction of sp³-hybridized carbons (Fsp3) is 0.985. The molecule has 0 aliphatic heterocycles. The minimum absolute atomic E-state index is 0.112. The first-order valence-corrected chi connectivity index (χ1v) is 35.2. The summed E-state index contributed by atoms with van der Waals surface area (Å²) in [5.74, 6) is -2.56. The predicted octanol–water partition coefficient (Wildman–Crippen LogP) is 19.3. The molecule has 0 aromatic heterocycles. The number of hydrogen-bond acceptors (Lipinski definition) is 10. The van der Waals surface area contributed by atoms with Crippen LogP contribution < -0.4 is 0 Å². The number of Topliss-reactive ketones (excluding diaryl/α,β-unsaturated/α-hetero) is 1. The predicted molar refractivity (Wildman–Crippen MR) is 325 cm³/mol. The molecule has 456 valence electrons. The minimum atomic E-state index is -4.72. The van der Waals surface area contributed by atoms with Gasteiger partial charge < -0.3 is 28.4 Å². The lowest BCUT2D eigenvalue weighted by Crippen LogP contribution is -2.36. The van der Waals surface area contributed by atoms with Gasteiger partial charge in [-0.25, -0.2) is 0 Å². The Balaban J connectivity index is 5.10. The number of ketones is 1. The summed E-state index contributed by atoms with van der Waals surface area (Å²) in [6, 6.07) is 0. The van der Waals surface area contributed by atoms with E-state index in [1.807, 2.05) is 0 Å². The van der Waals surface area contributed by atoms with E-state index in [-0.39, 0.29) is 25.9 Å². The molecule has 0 rings (SSSR count). The van der Waals surface area contributed by atoms with Crippen molar-refractivity contribution in [2.24, 2.45) is 0 Å². The summed E-state index contributed by atoms with van der Waals surface area (Å²) in [7, 11) is -4.72. The number of rotatable bonds is 67. The van der Waals surface area contributed by atoms with E-state index in [0.29, 0.717) is 33.0 Å². The third kappa shape index (κ3) is 57.0. The van der Waals surface area contributed by atoms with Crippen molar-refractivity contribution >= 4 is 13.7 Å². The average Bonchev–Trinajstić information content (AvgIpc) is 3.40. The van der Waals surface area contributed by atoms with Crippen molar-refractivity contribution in [3.8, 4) is 0 Å². The smallest absolute Gasteiger partial charge is 0.379 e. The lowest BCUT2D eigenvalue weighted by Gasteiger charge is -2.22. The Bertz CT molecular complexity index is 1110. The third-order valence-corrected chi connectivity index (χ3v) is 16.2. The molecule has 0 aromatic carbocycles. The van der Waals surface area contributed by atoms with Gasteiger partial charge in [-0.3, -0.25) is 4.79 Å². The van der Waals surface area contributed by atoms with Crippen LogP contribution >= 0.6 is 7.94 Å². The largest absolute Gasteiger partial charge is 0.443 e. The zero-order valence-corrected chi connectivity index (χ0v) is 52.1. The van der Waals surface area contributed by atoms with Gasteiger partial charge in [0.25, 0.3) is 0 Å². The Morgan fingerprint density at radius 2 is 0.513 bits per heavy atom. The quantitative estimate of drug-likeness (QED) is 0.0399. The maximum absolute atomic E-state index is 13.5. The first kappa shape index (κ1) is 75.7. The van der Waals surface area contributed by atoms with E-state index < -0.39 is 32.3 Å². The van der Waals surface area contributed by atoms with E-state index in [4.69, 9.17) is 28.4 Å². The summed E-state index contributed by atoms with van der Waals surface area (Å²) in [4.78, 5) is 44.9. The molecule has 3 N–H and O–H groups in total. The van der Waals surface area contributed by atoms with Gasteiger partial charge >= 0.3 is 13.8 Å². The van der Waals surface area contributed by atoms with Crippen molar-refractivity contribution in [3.05, 3.63) is 0 Å². The molecule has 0 heterocycles. The van der Waals surface area contributed by atoms with Crippen LogP contribution in [0.1, 0.15) is 336 Å². The second-order valence-electron chi connectivity index (χ2n) is 23.0. The highest BCUT2D eigenvalue weighted by atomic mass is 31.2. The summed E-state index contributed by atoms with van der Waals surface area (Å²) in [6.45, 7) is 11.6. The molecule has 76 heavy (non-hydrogen) atoms. The molecule has 0 fully saturated rings. The SMILES string of the molecule is CCCCCCCCCCCCCCOC[C@H](COCC(=O)C(OC[C@@H](COCCCCCCCCCCCCCC)OCCCCCCCCCCCCCC)[P+](O)(O)O)OCCCCCCCCCCCCCC. The Labute approximate surface area is 473 Å². The Kier molecular flexibility index (Phi) is 62.1. The molecule has 0 aromatic rings. The van der Waals surface area contributed by atoms with Crippen molar-refractivity contribution < 1.29 is 47.9 Å². The number of unbranched alkanes of at least 4 members (excludes halogenated alkanes) is 44. The number of carbonyl (C=O) groups is 1. The van der Waals surface area contributed by atoms with Crippen LogP contribution in [0.25, 0.3) is 0 Å². The van der Waals surface area contributed by atoms with Crippen molar-refractivity contribution in [3.63, 3.8) is 0 Å². The lowest BCUT2D eigenvalue weighted by atomic mass is 10.1. The van der Waals surface area contributed by atoms with E-state index in [1.54, 1.807) is 0 Å². The second kappa shape index (κ2) is 62.3. The van der Waals surface area contributed by atoms with Crippen LogP contribution in [0.3, 0.4) is 0 Å². The van der Waals surface area contributed by atoms with E-state index in [1.165, 1.54) is 257 Å². The molecule has 11 heteroatoms. The molecule has 0 radical (unpaired) electrons. The normalized spacial score (nSPS) is 13.2. The van der Waals surface area contributed by atoms with Gasteiger partial charge in [0.15, 0.2) is 0 Å². The average molecular weight is 1100 g/mol. The highest BCUT2D eigenvalue weighted by Gasteiger charge is 2.49. The van der Waals surface area contributed by atoms with E-state index in [2.05, 4.69) is 27.7 Å². The highest BCUT2D eigenvalue weighted by molar-refractivity contribution is 7.60. The molecular formula is C65H132O10P+. The number of carbonyl (C=O) groups excluding carboxylic acids is 1. The summed E-state index contributed by atoms with van der Waals surface area (Å²) in [5.41, 5.74) is 0. The third-order valence-electron chi connectivity index (χ3n) is 15.2. The van der Waals surface area contributed by atoms with Gasteiger partial charge in [0.1, 0.15) is 18.8 Å². The van der Waals surface area contributed by atoms with Gasteiger partial charge in [-0.1, -0.05) is 310 Å². The van der Waals surface area contributed by atoms with Gasteiger partial charge in [0.2, 0.25) is 5.78 Å². The van der Waals surface area contributed by atoms with Crippen LogP contribution in [0.5, 0.6) is 0 Å². The topological polar surface area (TPSA) is 133 Å². The fourth-order valence-corrected chi connectivity index (χ4v) is 10.9. The van der Waals surface area contributed by atoms with Crippen LogP contribution in [0.2, 0.25) is 0 Å². The molecular weight excluding hydrogens is 972 g/mol. The summed E-state index contributed by atoms with van der Waals surface area (Å²) in [6.07, 6.45) is 60.3. The molecule has 0 amide bonds. The van der Waals surface area contributed by atoms with Crippen LogP contribution in [-0.4, -0.2) is 98.0 Å². The first-order valence-electron chi connectivity index (χ1n) is 33.5. The standard InChI is InChI=1S/C65H132O10P/c1-5-9-13-17-21-25-29-33-37-41-45-49-53-70-57-62(73-55-51-47-43-39-35-31-27-23-19-15-11-7-3)59-72-61-64(66)65(76(67,68)69)75-60-63(74-56-52-48-44-40-36-32-28-24-20-16-12-8-4)58-71-54-50-46-42-38-34-30-26-22-18-14-10-6-2/h62-63,65,67-69H,5-61H2,1-4H3/q+1/t62-,63-,65?/m1/s1. The van der Waals surface area contributed by atoms with Crippen LogP contribution in [-0.2, 0) is 33.2 Å². The molecule has 0 saturated heterocycles. The van der Waals surface area contributed by atoms with E-state index >= 15 is 0 Å². The van der Waals surface area contributed by atoms with Crippen molar-refractivity contribution in [2.45, 2.75) is 354 Å². The summed E-state index contributed by atoms with van der Waals surface area (Å²) < 4.78 is 36.4. The van der Waals surface area contributed by atoms with Crippen LogP contribution in [0.4, 0.5) is 0 Å². The van der Waals surface area contributed by atoms with Crippen molar-refractivity contribution in [2.75, 3.05) is 59.5 Å². The minimum Gasteiger partial charge on any atom is -0.379 e. The first-order chi connectivity index (χ1) is 37.3. The number of ether oxygens (including phenoxy) is 6. The summed E-state index contributed by atoms with van der Waals surface area (Å²) in [5, 5.41) is 0. The van der Waals surface area contributed by atoms with E-state index in [9.17, 15) is 19.5 Å². The van der Waals surface area contributed by atoms with E-state index in [0.717, 1.165) is 51.4 Å². The van der Waals surface area contributed by atoms with Gasteiger partial charge in [-0.05, 0) is 25.7 Å². The second-order valence-corrected chi connectivity index (χ2v) is 24.7.